The van der Waals surface area contributed by atoms with Crippen molar-refractivity contribution in [2.45, 2.75) is 65.6 Å². The number of carbonyl (C=O) groups is 1. The zero-order valence-corrected chi connectivity index (χ0v) is 10.4. The van der Waals surface area contributed by atoms with Gasteiger partial charge in [0.1, 0.15) is 11.6 Å². The molecule has 1 N–H and O–H groups in total. The highest BCUT2D eigenvalue weighted by Gasteiger charge is 2.24. The second-order valence-corrected chi connectivity index (χ2v) is 5.65. The highest BCUT2D eigenvalue weighted by Crippen LogP contribution is 2.10. The second kappa shape index (κ2) is 4.30. The zero-order valence-electron chi connectivity index (χ0n) is 10.4. The Kier molecular flexibility index (Phi) is 4.13. The SMILES string of the molecule is C[C@H](NC(C)(C)C)C(=O)OC(C)(C)C. The highest BCUT2D eigenvalue weighted by molar-refractivity contribution is 5.75. The largest absolute Gasteiger partial charge is 0.459 e. The molecule has 0 heterocycles. The van der Waals surface area contributed by atoms with E-state index in [4.69, 9.17) is 4.74 Å². The second-order valence-electron chi connectivity index (χ2n) is 5.65. The molecule has 0 aliphatic rings. The lowest BCUT2D eigenvalue weighted by Gasteiger charge is -2.28. The molecule has 3 heteroatoms. The topological polar surface area (TPSA) is 38.3 Å². The van der Waals surface area contributed by atoms with Gasteiger partial charge in [0.25, 0.3) is 0 Å². The predicted octanol–water partition coefficient (Wildman–Crippen LogP) is 2.10. The van der Waals surface area contributed by atoms with Crippen LogP contribution in [0.4, 0.5) is 0 Å². The fourth-order valence-corrected chi connectivity index (χ4v) is 1.10. The van der Waals surface area contributed by atoms with Crippen LogP contribution >= 0.6 is 0 Å². The smallest absolute Gasteiger partial charge is 0.323 e. The molecule has 1 atom stereocenters. The first-order chi connectivity index (χ1) is 6.01. The summed E-state index contributed by atoms with van der Waals surface area (Å²) in [6.07, 6.45) is 0. The van der Waals surface area contributed by atoms with Gasteiger partial charge in [-0.1, -0.05) is 0 Å². The van der Waals surface area contributed by atoms with E-state index in [1.165, 1.54) is 0 Å². The van der Waals surface area contributed by atoms with Crippen LogP contribution in [0, 0.1) is 0 Å². The van der Waals surface area contributed by atoms with Gasteiger partial charge in [-0.2, -0.15) is 0 Å². The molecule has 0 aromatic carbocycles. The predicted molar refractivity (Wildman–Crippen MR) is 58.2 cm³/mol. The normalized spacial score (nSPS) is 15.1. The lowest BCUT2D eigenvalue weighted by molar-refractivity contribution is -0.157. The Hall–Kier alpha value is -0.570. The Balaban J connectivity index is 4.15. The maximum atomic E-state index is 11.6. The molecule has 0 radical (unpaired) electrons. The van der Waals surface area contributed by atoms with Crippen molar-refractivity contribution in [3.63, 3.8) is 0 Å². The molecule has 0 fully saturated rings. The molecule has 0 aromatic heterocycles. The Morgan fingerprint density at radius 1 is 1.14 bits per heavy atom. The molecule has 14 heavy (non-hydrogen) atoms. The molecule has 0 spiro atoms. The van der Waals surface area contributed by atoms with Crippen LogP contribution in [0.3, 0.4) is 0 Å². The quantitative estimate of drug-likeness (QED) is 0.695. The fraction of sp³-hybridized carbons (Fsp3) is 0.909. The van der Waals surface area contributed by atoms with Gasteiger partial charge in [0.05, 0.1) is 0 Å². The Morgan fingerprint density at radius 3 is 1.86 bits per heavy atom. The summed E-state index contributed by atoms with van der Waals surface area (Å²) in [7, 11) is 0. The van der Waals surface area contributed by atoms with Crippen LogP contribution < -0.4 is 5.32 Å². The summed E-state index contributed by atoms with van der Waals surface area (Å²) >= 11 is 0. The molecule has 0 aliphatic heterocycles. The standard InChI is InChI=1S/C11H23NO2/c1-8(12-10(2,3)4)9(13)14-11(5,6)7/h8,12H,1-7H3/t8-/m0/s1. The van der Waals surface area contributed by atoms with E-state index in [0.717, 1.165) is 0 Å². The molecule has 0 saturated carbocycles. The molecule has 0 amide bonds. The van der Waals surface area contributed by atoms with E-state index in [0.29, 0.717) is 0 Å². The molecule has 0 bridgehead atoms. The molecule has 0 saturated heterocycles. The summed E-state index contributed by atoms with van der Waals surface area (Å²) in [5.41, 5.74) is -0.485. The minimum atomic E-state index is -0.412. The van der Waals surface area contributed by atoms with Crippen LogP contribution in [0.1, 0.15) is 48.5 Å². The Morgan fingerprint density at radius 2 is 1.57 bits per heavy atom. The lowest BCUT2D eigenvalue weighted by Crippen LogP contribution is -2.48. The van der Waals surface area contributed by atoms with Gasteiger partial charge in [-0.3, -0.25) is 10.1 Å². The van der Waals surface area contributed by atoms with Crippen LogP contribution in [-0.4, -0.2) is 23.2 Å². The number of ether oxygens (including phenoxy) is 1. The minimum Gasteiger partial charge on any atom is -0.459 e. The van der Waals surface area contributed by atoms with Crippen molar-refractivity contribution in [1.29, 1.82) is 0 Å². The average Bonchev–Trinajstić information content (AvgIpc) is 1.78. The van der Waals surface area contributed by atoms with Crippen LogP contribution in [0.15, 0.2) is 0 Å². The van der Waals surface area contributed by atoms with Gasteiger partial charge in [0.2, 0.25) is 0 Å². The van der Waals surface area contributed by atoms with E-state index in [1.54, 1.807) is 0 Å². The fourth-order valence-electron chi connectivity index (χ4n) is 1.10. The molecule has 0 unspecified atom stereocenters. The van der Waals surface area contributed by atoms with Crippen molar-refractivity contribution in [2.24, 2.45) is 0 Å². The van der Waals surface area contributed by atoms with Crippen LogP contribution in [0.2, 0.25) is 0 Å². The molecule has 0 aliphatic carbocycles. The van der Waals surface area contributed by atoms with Gasteiger partial charge in [-0.25, -0.2) is 0 Å². The summed E-state index contributed by atoms with van der Waals surface area (Å²) in [6, 6.07) is -0.269. The number of hydrogen-bond donors (Lipinski definition) is 1. The van der Waals surface area contributed by atoms with Crippen molar-refractivity contribution in [3.8, 4) is 0 Å². The first-order valence-corrected chi connectivity index (χ1v) is 5.02. The van der Waals surface area contributed by atoms with E-state index >= 15 is 0 Å². The summed E-state index contributed by atoms with van der Waals surface area (Å²) in [6.45, 7) is 13.5. The lowest BCUT2D eigenvalue weighted by atomic mass is 10.1. The number of esters is 1. The van der Waals surface area contributed by atoms with Crippen LogP contribution in [0.5, 0.6) is 0 Å². The molecule has 0 aromatic rings. The first-order valence-electron chi connectivity index (χ1n) is 5.02. The third-order valence-corrected chi connectivity index (χ3v) is 1.41. The van der Waals surface area contributed by atoms with Gasteiger partial charge < -0.3 is 4.74 Å². The summed E-state index contributed by atoms with van der Waals surface area (Å²) in [5.74, 6) is -0.201. The van der Waals surface area contributed by atoms with E-state index < -0.39 is 5.60 Å². The zero-order chi connectivity index (χ0) is 11.6. The van der Waals surface area contributed by atoms with Gasteiger partial charge in [-0.05, 0) is 48.5 Å². The molecule has 0 rings (SSSR count). The summed E-state index contributed by atoms with van der Waals surface area (Å²) in [5, 5.41) is 3.17. The monoisotopic (exact) mass is 201 g/mol. The van der Waals surface area contributed by atoms with Crippen molar-refractivity contribution in [1.82, 2.24) is 5.32 Å². The van der Waals surface area contributed by atoms with Crippen molar-refractivity contribution in [3.05, 3.63) is 0 Å². The third-order valence-electron chi connectivity index (χ3n) is 1.41. The van der Waals surface area contributed by atoms with Crippen molar-refractivity contribution < 1.29 is 9.53 Å². The Labute approximate surface area is 87.2 Å². The van der Waals surface area contributed by atoms with Crippen molar-refractivity contribution in [2.75, 3.05) is 0 Å². The third kappa shape index (κ3) is 6.89. The van der Waals surface area contributed by atoms with E-state index in [9.17, 15) is 4.79 Å². The van der Waals surface area contributed by atoms with E-state index in [2.05, 4.69) is 5.32 Å². The number of rotatable bonds is 2. The van der Waals surface area contributed by atoms with Crippen LogP contribution in [-0.2, 0) is 9.53 Å². The van der Waals surface area contributed by atoms with Gasteiger partial charge in [0, 0.05) is 5.54 Å². The molecule has 84 valence electrons. The van der Waals surface area contributed by atoms with E-state index in [1.807, 2.05) is 48.5 Å². The average molecular weight is 201 g/mol. The molecular weight excluding hydrogens is 178 g/mol. The van der Waals surface area contributed by atoms with Gasteiger partial charge in [-0.15, -0.1) is 0 Å². The maximum absolute atomic E-state index is 11.6. The minimum absolute atomic E-state index is 0.0731. The Bertz CT molecular complexity index is 198. The van der Waals surface area contributed by atoms with Crippen molar-refractivity contribution >= 4 is 5.97 Å². The summed E-state index contributed by atoms with van der Waals surface area (Å²) in [4.78, 5) is 11.6. The number of carbonyl (C=O) groups excluding carboxylic acids is 1. The van der Waals surface area contributed by atoms with Gasteiger partial charge in [0.15, 0.2) is 0 Å². The van der Waals surface area contributed by atoms with Crippen LogP contribution in [0.25, 0.3) is 0 Å². The van der Waals surface area contributed by atoms with Gasteiger partial charge >= 0.3 is 5.97 Å². The maximum Gasteiger partial charge on any atom is 0.323 e. The summed E-state index contributed by atoms with van der Waals surface area (Å²) < 4.78 is 5.24. The first kappa shape index (κ1) is 13.4. The van der Waals surface area contributed by atoms with E-state index in [-0.39, 0.29) is 17.6 Å². The number of hydrogen-bond acceptors (Lipinski definition) is 3. The number of nitrogens with one attached hydrogen (secondary N) is 1. The molecule has 3 nitrogen and oxygen atoms in total. The highest BCUT2D eigenvalue weighted by atomic mass is 16.6. The molecular formula is C11H23NO2.